The van der Waals surface area contributed by atoms with E-state index in [2.05, 4.69) is 10.2 Å². The van der Waals surface area contributed by atoms with Crippen molar-refractivity contribution < 1.29 is 4.79 Å². The van der Waals surface area contributed by atoms with Crippen LogP contribution in [0.25, 0.3) is 0 Å². The molecule has 110 valence electrons. The van der Waals surface area contributed by atoms with Gasteiger partial charge in [-0.05, 0) is 51.7 Å². The van der Waals surface area contributed by atoms with Gasteiger partial charge in [0.2, 0.25) is 5.91 Å². The molecule has 1 saturated carbocycles. The van der Waals surface area contributed by atoms with E-state index in [4.69, 9.17) is 5.73 Å². The highest BCUT2D eigenvalue weighted by molar-refractivity contribution is 5.77. The maximum atomic E-state index is 11.9. The van der Waals surface area contributed by atoms with Gasteiger partial charge in [0.15, 0.2) is 0 Å². The van der Waals surface area contributed by atoms with E-state index in [1.165, 1.54) is 45.2 Å². The third-order valence-corrected chi connectivity index (χ3v) is 4.53. The van der Waals surface area contributed by atoms with E-state index in [9.17, 15) is 4.79 Å². The topological polar surface area (TPSA) is 58.4 Å². The molecule has 4 nitrogen and oxygen atoms in total. The van der Waals surface area contributed by atoms with Gasteiger partial charge in [0.05, 0.1) is 0 Å². The van der Waals surface area contributed by atoms with Gasteiger partial charge in [-0.3, -0.25) is 4.79 Å². The van der Waals surface area contributed by atoms with Crippen molar-refractivity contribution in [3.05, 3.63) is 0 Å². The van der Waals surface area contributed by atoms with Crippen molar-refractivity contribution in [1.29, 1.82) is 0 Å². The highest BCUT2D eigenvalue weighted by Gasteiger charge is 2.31. The van der Waals surface area contributed by atoms with Crippen molar-refractivity contribution in [2.24, 2.45) is 5.73 Å². The summed E-state index contributed by atoms with van der Waals surface area (Å²) in [5.41, 5.74) is 6.00. The summed E-state index contributed by atoms with van der Waals surface area (Å²) in [5, 5.41) is 3.03. The van der Waals surface area contributed by atoms with E-state index < -0.39 is 0 Å². The molecule has 0 atom stereocenters. The lowest BCUT2D eigenvalue weighted by Gasteiger charge is -2.26. The highest BCUT2D eigenvalue weighted by atomic mass is 16.1. The van der Waals surface area contributed by atoms with Crippen LogP contribution < -0.4 is 11.1 Å². The molecule has 3 N–H and O–H groups in total. The summed E-state index contributed by atoms with van der Waals surface area (Å²) >= 11 is 0. The van der Waals surface area contributed by atoms with Gasteiger partial charge in [-0.1, -0.05) is 19.3 Å². The van der Waals surface area contributed by atoms with E-state index in [0.717, 1.165) is 32.4 Å². The Morgan fingerprint density at radius 3 is 2.47 bits per heavy atom. The van der Waals surface area contributed by atoms with Crippen LogP contribution in [-0.2, 0) is 4.79 Å². The van der Waals surface area contributed by atoms with Crippen LogP contribution in [0.1, 0.15) is 57.8 Å². The molecule has 0 aromatic carbocycles. The molecule has 2 aliphatic rings. The number of carbonyl (C=O) groups excluding carboxylic acids is 1. The fourth-order valence-corrected chi connectivity index (χ4v) is 3.35. The zero-order valence-electron chi connectivity index (χ0n) is 12.1. The van der Waals surface area contributed by atoms with Gasteiger partial charge in [-0.15, -0.1) is 0 Å². The summed E-state index contributed by atoms with van der Waals surface area (Å²) in [5.74, 6) is 0.142. The number of nitrogens with two attached hydrogens (primary N) is 1. The Bertz CT molecular complexity index is 281. The maximum Gasteiger partial charge on any atom is 0.221 e. The number of nitrogens with one attached hydrogen (secondary N) is 1. The second-order valence-electron chi connectivity index (χ2n) is 6.35. The molecule has 1 aliphatic carbocycles. The largest absolute Gasteiger partial charge is 0.356 e. The zero-order chi connectivity index (χ0) is 13.6. The highest BCUT2D eigenvalue weighted by Crippen LogP contribution is 2.29. The van der Waals surface area contributed by atoms with Gasteiger partial charge in [0, 0.05) is 18.5 Å². The number of hydrogen-bond acceptors (Lipinski definition) is 3. The van der Waals surface area contributed by atoms with Crippen LogP contribution in [0.5, 0.6) is 0 Å². The van der Waals surface area contributed by atoms with Gasteiger partial charge in [-0.2, -0.15) is 0 Å². The van der Waals surface area contributed by atoms with E-state index in [-0.39, 0.29) is 11.4 Å². The van der Waals surface area contributed by atoms with E-state index >= 15 is 0 Å². The normalized spacial score (nSPS) is 23.4. The van der Waals surface area contributed by atoms with Crippen molar-refractivity contribution in [3.8, 4) is 0 Å². The zero-order valence-corrected chi connectivity index (χ0v) is 12.1. The lowest BCUT2D eigenvalue weighted by Crippen LogP contribution is -2.42. The molecule has 0 bridgehead atoms. The van der Waals surface area contributed by atoms with Crippen LogP contribution in [0.2, 0.25) is 0 Å². The molecule has 0 aromatic heterocycles. The molecule has 19 heavy (non-hydrogen) atoms. The Hall–Kier alpha value is -0.610. The summed E-state index contributed by atoms with van der Waals surface area (Å²) in [4.78, 5) is 14.4. The van der Waals surface area contributed by atoms with Gasteiger partial charge in [0.1, 0.15) is 0 Å². The van der Waals surface area contributed by atoms with Crippen LogP contribution in [-0.4, -0.2) is 42.5 Å². The molecule has 2 fully saturated rings. The lowest BCUT2D eigenvalue weighted by molar-refractivity contribution is -0.122. The van der Waals surface area contributed by atoms with Crippen LogP contribution in [0, 0.1) is 0 Å². The van der Waals surface area contributed by atoms with Crippen molar-refractivity contribution in [2.75, 3.05) is 26.2 Å². The number of likely N-dealkylation sites (tertiary alicyclic amines) is 1. The minimum Gasteiger partial charge on any atom is -0.356 e. The average Bonchev–Trinajstić information content (AvgIpc) is 2.82. The molecular weight excluding hydrogens is 238 g/mol. The fraction of sp³-hybridized carbons (Fsp3) is 0.933. The molecule has 1 heterocycles. The number of amides is 1. The monoisotopic (exact) mass is 267 g/mol. The standard InChI is InChI=1S/C15H29N3O/c16-15(7-2-3-8-15)13-14(19)17-9-6-12-18-10-4-1-5-11-18/h1-13,16H2,(H,17,19). The summed E-state index contributed by atoms with van der Waals surface area (Å²) in [6, 6.07) is 0. The molecule has 1 amide bonds. The minimum atomic E-state index is -0.211. The Kier molecular flexibility index (Phi) is 5.64. The molecule has 4 heteroatoms. The second kappa shape index (κ2) is 7.25. The third kappa shape index (κ3) is 5.11. The van der Waals surface area contributed by atoms with Gasteiger partial charge >= 0.3 is 0 Å². The van der Waals surface area contributed by atoms with Crippen molar-refractivity contribution in [3.63, 3.8) is 0 Å². The van der Waals surface area contributed by atoms with Gasteiger partial charge < -0.3 is 16.0 Å². The minimum absolute atomic E-state index is 0.142. The van der Waals surface area contributed by atoms with Crippen molar-refractivity contribution >= 4 is 5.91 Å². The maximum absolute atomic E-state index is 11.9. The number of nitrogens with zero attached hydrogens (tertiary/aromatic N) is 1. The summed E-state index contributed by atoms with van der Waals surface area (Å²) in [6.45, 7) is 4.39. The average molecular weight is 267 g/mol. The Morgan fingerprint density at radius 2 is 1.79 bits per heavy atom. The van der Waals surface area contributed by atoms with Crippen LogP contribution >= 0.6 is 0 Å². The number of piperidine rings is 1. The van der Waals surface area contributed by atoms with Crippen molar-refractivity contribution in [1.82, 2.24) is 10.2 Å². The molecule has 0 unspecified atom stereocenters. The Balaban J connectivity index is 1.53. The second-order valence-corrected chi connectivity index (χ2v) is 6.35. The van der Waals surface area contributed by atoms with E-state index in [0.29, 0.717) is 6.42 Å². The predicted octanol–water partition coefficient (Wildman–Crippen LogP) is 1.64. The van der Waals surface area contributed by atoms with Crippen molar-refractivity contribution in [2.45, 2.75) is 63.3 Å². The first-order valence-corrected chi connectivity index (χ1v) is 7.96. The smallest absolute Gasteiger partial charge is 0.221 e. The predicted molar refractivity (Wildman–Crippen MR) is 77.9 cm³/mol. The first-order valence-electron chi connectivity index (χ1n) is 7.96. The van der Waals surface area contributed by atoms with Crippen LogP contribution in [0.15, 0.2) is 0 Å². The summed E-state index contributed by atoms with van der Waals surface area (Å²) in [6.07, 6.45) is 10.00. The summed E-state index contributed by atoms with van der Waals surface area (Å²) < 4.78 is 0. The lowest BCUT2D eigenvalue weighted by atomic mass is 9.94. The SMILES string of the molecule is NC1(CC(=O)NCCCN2CCCCC2)CCCC1. The van der Waals surface area contributed by atoms with E-state index in [1.807, 2.05) is 0 Å². The van der Waals surface area contributed by atoms with Crippen LogP contribution in [0.4, 0.5) is 0 Å². The molecule has 0 radical (unpaired) electrons. The molecular formula is C15H29N3O. The van der Waals surface area contributed by atoms with Gasteiger partial charge in [-0.25, -0.2) is 0 Å². The third-order valence-electron chi connectivity index (χ3n) is 4.53. The molecule has 2 rings (SSSR count). The van der Waals surface area contributed by atoms with E-state index in [1.54, 1.807) is 0 Å². The molecule has 0 aromatic rings. The molecule has 0 spiro atoms. The van der Waals surface area contributed by atoms with Crippen LogP contribution in [0.3, 0.4) is 0 Å². The molecule has 1 saturated heterocycles. The van der Waals surface area contributed by atoms with Gasteiger partial charge in [0.25, 0.3) is 0 Å². The first-order chi connectivity index (χ1) is 9.18. The Labute approximate surface area is 117 Å². The Morgan fingerprint density at radius 1 is 1.11 bits per heavy atom. The number of carbonyl (C=O) groups is 1. The quantitative estimate of drug-likeness (QED) is 0.719. The fourth-order valence-electron chi connectivity index (χ4n) is 3.35. The molecule has 1 aliphatic heterocycles. The number of hydrogen-bond donors (Lipinski definition) is 2. The first kappa shape index (κ1) is 14.8. The number of rotatable bonds is 6. The summed E-state index contributed by atoms with van der Waals surface area (Å²) in [7, 11) is 0.